The molecule has 2 aromatic rings. The summed E-state index contributed by atoms with van der Waals surface area (Å²) in [7, 11) is -3.68. The van der Waals surface area contributed by atoms with Gasteiger partial charge in [0.25, 0.3) is 10.0 Å². The number of nitrogens with one attached hydrogen (secondary N) is 1. The van der Waals surface area contributed by atoms with Crippen molar-refractivity contribution in [1.29, 1.82) is 0 Å². The summed E-state index contributed by atoms with van der Waals surface area (Å²) in [5.41, 5.74) is 8.42. The molecule has 106 valence electrons. The van der Waals surface area contributed by atoms with Crippen LogP contribution in [0, 0.1) is 13.8 Å². The van der Waals surface area contributed by atoms with E-state index in [9.17, 15) is 8.42 Å². The molecular formula is C13H14BrN3O2S. The number of nitrogen functional groups attached to an aromatic ring is 1. The molecule has 0 saturated carbocycles. The Morgan fingerprint density at radius 3 is 2.30 bits per heavy atom. The molecule has 0 aliphatic rings. The van der Waals surface area contributed by atoms with Crippen LogP contribution in [0.5, 0.6) is 0 Å². The minimum atomic E-state index is -3.68. The lowest BCUT2D eigenvalue weighted by Gasteiger charge is -2.14. The Bertz CT molecular complexity index is 737. The molecule has 7 heteroatoms. The highest BCUT2D eigenvalue weighted by Gasteiger charge is 2.17. The van der Waals surface area contributed by atoms with E-state index < -0.39 is 10.0 Å². The van der Waals surface area contributed by atoms with E-state index in [4.69, 9.17) is 5.73 Å². The van der Waals surface area contributed by atoms with Gasteiger partial charge >= 0.3 is 0 Å². The largest absolute Gasteiger partial charge is 0.399 e. The van der Waals surface area contributed by atoms with Crippen molar-refractivity contribution in [3.63, 3.8) is 0 Å². The van der Waals surface area contributed by atoms with Gasteiger partial charge in [0.2, 0.25) is 0 Å². The maximum Gasteiger partial charge on any atom is 0.263 e. The summed E-state index contributed by atoms with van der Waals surface area (Å²) in [4.78, 5) is 3.96. The Labute approximate surface area is 126 Å². The lowest BCUT2D eigenvalue weighted by molar-refractivity contribution is 0.600. The third kappa shape index (κ3) is 3.10. The monoisotopic (exact) mass is 355 g/mol. The Morgan fingerprint density at radius 1 is 1.15 bits per heavy atom. The van der Waals surface area contributed by atoms with Crippen LogP contribution in [0.1, 0.15) is 11.1 Å². The van der Waals surface area contributed by atoms with Crippen molar-refractivity contribution in [3.8, 4) is 0 Å². The molecule has 0 saturated heterocycles. The summed E-state index contributed by atoms with van der Waals surface area (Å²) < 4.78 is 27.9. The Kier molecular flexibility index (Phi) is 4.01. The van der Waals surface area contributed by atoms with Crippen LogP contribution in [0.15, 0.2) is 40.0 Å². The van der Waals surface area contributed by atoms with Gasteiger partial charge in [0.1, 0.15) is 4.90 Å². The molecule has 1 aromatic heterocycles. The van der Waals surface area contributed by atoms with Crippen LogP contribution in [-0.2, 0) is 10.0 Å². The van der Waals surface area contributed by atoms with E-state index >= 15 is 0 Å². The van der Waals surface area contributed by atoms with Crippen LogP contribution in [0.2, 0.25) is 0 Å². The quantitative estimate of drug-likeness (QED) is 0.829. The first-order valence-electron chi connectivity index (χ1n) is 5.80. The summed E-state index contributed by atoms with van der Waals surface area (Å²) in [6.07, 6.45) is 2.83. The van der Waals surface area contributed by atoms with Gasteiger partial charge in [-0.15, -0.1) is 0 Å². The van der Waals surface area contributed by atoms with Gasteiger partial charge in [-0.1, -0.05) is 0 Å². The van der Waals surface area contributed by atoms with Crippen LogP contribution >= 0.6 is 15.9 Å². The highest BCUT2D eigenvalue weighted by Crippen LogP contribution is 2.26. The smallest absolute Gasteiger partial charge is 0.263 e. The predicted octanol–water partition coefficient (Wildman–Crippen LogP) is 2.84. The zero-order valence-electron chi connectivity index (χ0n) is 11.0. The standard InChI is InChI=1S/C13H14BrN3O2S/c1-8-3-11(15)4-9(2)13(8)17-20(18,19)12-5-10(14)6-16-7-12/h3-7,17H,15H2,1-2H3. The number of benzene rings is 1. The fraction of sp³-hybridized carbons (Fsp3) is 0.154. The highest BCUT2D eigenvalue weighted by molar-refractivity contribution is 9.10. The maximum atomic E-state index is 12.3. The number of rotatable bonds is 3. The molecule has 0 fully saturated rings. The molecule has 0 aliphatic heterocycles. The fourth-order valence-corrected chi connectivity index (χ4v) is 3.60. The molecule has 0 atom stereocenters. The zero-order valence-corrected chi connectivity index (χ0v) is 13.4. The van der Waals surface area contributed by atoms with Crippen molar-refractivity contribution >= 4 is 37.3 Å². The summed E-state index contributed by atoms with van der Waals surface area (Å²) in [5, 5.41) is 0. The summed E-state index contributed by atoms with van der Waals surface area (Å²) in [6, 6.07) is 4.95. The van der Waals surface area contributed by atoms with E-state index in [1.165, 1.54) is 18.5 Å². The van der Waals surface area contributed by atoms with Crippen molar-refractivity contribution in [2.75, 3.05) is 10.5 Å². The summed E-state index contributed by atoms with van der Waals surface area (Å²) >= 11 is 3.21. The average Bonchev–Trinajstić information content (AvgIpc) is 2.34. The number of hydrogen-bond acceptors (Lipinski definition) is 4. The van der Waals surface area contributed by atoms with Crippen molar-refractivity contribution in [1.82, 2.24) is 4.98 Å². The lowest BCUT2D eigenvalue weighted by Crippen LogP contribution is -2.15. The number of hydrogen-bond donors (Lipinski definition) is 2. The number of aromatic nitrogens is 1. The second-order valence-corrected chi connectivity index (χ2v) is 7.07. The van der Waals surface area contributed by atoms with Crippen LogP contribution in [0.25, 0.3) is 0 Å². The van der Waals surface area contributed by atoms with E-state index in [-0.39, 0.29) is 4.90 Å². The van der Waals surface area contributed by atoms with E-state index in [0.717, 1.165) is 11.1 Å². The van der Waals surface area contributed by atoms with Crippen molar-refractivity contribution in [2.24, 2.45) is 0 Å². The van der Waals surface area contributed by atoms with E-state index in [0.29, 0.717) is 15.8 Å². The molecule has 0 radical (unpaired) electrons. The van der Waals surface area contributed by atoms with Gasteiger partial charge in [-0.2, -0.15) is 0 Å². The molecule has 0 aliphatic carbocycles. The number of pyridine rings is 1. The number of sulfonamides is 1. The molecule has 1 heterocycles. The van der Waals surface area contributed by atoms with Gasteiger partial charge in [-0.25, -0.2) is 8.42 Å². The third-order valence-corrected chi connectivity index (χ3v) is 4.53. The van der Waals surface area contributed by atoms with Crippen LogP contribution in [0.3, 0.4) is 0 Å². The maximum absolute atomic E-state index is 12.3. The average molecular weight is 356 g/mol. The molecule has 2 rings (SSSR count). The van der Waals surface area contributed by atoms with Crippen molar-refractivity contribution < 1.29 is 8.42 Å². The number of aryl methyl sites for hydroxylation is 2. The first-order valence-corrected chi connectivity index (χ1v) is 8.07. The van der Waals surface area contributed by atoms with E-state index in [2.05, 4.69) is 25.6 Å². The predicted molar refractivity (Wildman–Crippen MR) is 83.1 cm³/mol. The normalized spacial score (nSPS) is 11.3. The van der Waals surface area contributed by atoms with Crippen LogP contribution in [0.4, 0.5) is 11.4 Å². The van der Waals surface area contributed by atoms with Gasteiger partial charge in [0.05, 0.1) is 5.69 Å². The summed E-state index contributed by atoms with van der Waals surface area (Å²) in [6.45, 7) is 3.61. The number of nitrogens with two attached hydrogens (primary N) is 1. The van der Waals surface area contributed by atoms with Gasteiger partial charge in [0, 0.05) is 22.6 Å². The van der Waals surface area contributed by atoms with Crippen molar-refractivity contribution in [2.45, 2.75) is 18.7 Å². The van der Waals surface area contributed by atoms with E-state index in [1.807, 2.05) is 0 Å². The Balaban J connectivity index is 2.44. The minimum absolute atomic E-state index is 0.0995. The lowest BCUT2D eigenvalue weighted by atomic mass is 10.1. The van der Waals surface area contributed by atoms with Gasteiger partial charge in [0.15, 0.2) is 0 Å². The third-order valence-electron chi connectivity index (χ3n) is 2.78. The highest BCUT2D eigenvalue weighted by atomic mass is 79.9. The fourth-order valence-electron chi connectivity index (χ4n) is 1.89. The van der Waals surface area contributed by atoms with Gasteiger partial charge in [-0.05, 0) is 59.1 Å². The van der Waals surface area contributed by atoms with Gasteiger partial charge < -0.3 is 5.73 Å². The van der Waals surface area contributed by atoms with Gasteiger partial charge in [-0.3, -0.25) is 9.71 Å². The SMILES string of the molecule is Cc1cc(N)cc(C)c1NS(=O)(=O)c1cncc(Br)c1. The molecular weight excluding hydrogens is 342 g/mol. The second kappa shape index (κ2) is 5.41. The number of nitrogens with zero attached hydrogens (tertiary/aromatic N) is 1. The second-order valence-electron chi connectivity index (χ2n) is 4.47. The van der Waals surface area contributed by atoms with Crippen molar-refractivity contribution in [3.05, 3.63) is 46.2 Å². The number of halogens is 1. The first-order chi connectivity index (χ1) is 9.29. The molecule has 0 amide bonds. The Hall–Kier alpha value is -1.60. The molecule has 0 spiro atoms. The zero-order chi connectivity index (χ0) is 14.9. The topological polar surface area (TPSA) is 85.1 Å². The molecule has 0 unspecified atom stereocenters. The molecule has 5 nitrogen and oxygen atoms in total. The molecule has 20 heavy (non-hydrogen) atoms. The molecule has 0 bridgehead atoms. The number of anilines is 2. The molecule has 3 N–H and O–H groups in total. The first kappa shape index (κ1) is 14.8. The summed E-state index contributed by atoms with van der Waals surface area (Å²) in [5.74, 6) is 0. The minimum Gasteiger partial charge on any atom is -0.399 e. The van der Waals surface area contributed by atoms with Crippen LogP contribution in [-0.4, -0.2) is 13.4 Å². The van der Waals surface area contributed by atoms with Crippen LogP contribution < -0.4 is 10.5 Å². The Morgan fingerprint density at radius 2 is 1.75 bits per heavy atom. The molecule has 1 aromatic carbocycles. The van der Waals surface area contributed by atoms with E-state index in [1.54, 1.807) is 26.0 Å².